The zero-order valence-electron chi connectivity index (χ0n) is 11.5. The van der Waals surface area contributed by atoms with Gasteiger partial charge in [-0.05, 0) is 0 Å². The van der Waals surface area contributed by atoms with Crippen LogP contribution in [-0.4, -0.2) is 56.0 Å². The molecule has 0 atom stereocenters. The number of imidazole rings is 2. The lowest BCUT2D eigenvalue weighted by molar-refractivity contribution is 0.154. The van der Waals surface area contributed by atoms with Crippen molar-refractivity contribution >= 4 is 33.8 Å². The van der Waals surface area contributed by atoms with Crippen LogP contribution in [0.2, 0.25) is 0 Å². The Kier molecular flexibility index (Phi) is 6.84. The molecule has 0 fully saturated rings. The van der Waals surface area contributed by atoms with Gasteiger partial charge in [0.05, 0.1) is 0 Å². The SMILES string of the molecule is O=C(OCCSSCCOC(=O)n1ccnc1)n1ccnc1. The number of hydrogen-bond acceptors (Lipinski definition) is 8. The second kappa shape index (κ2) is 9.15. The zero-order valence-corrected chi connectivity index (χ0v) is 13.2. The van der Waals surface area contributed by atoms with Gasteiger partial charge < -0.3 is 9.47 Å². The third-order valence-corrected chi connectivity index (χ3v) is 4.63. The highest BCUT2D eigenvalue weighted by molar-refractivity contribution is 8.76. The number of aromatic nitrogens is 4. The lowest BCUT2D eigenvalue weighted by Gasteiger charge is -2.05. The summed E-state index contributed by atoms with van der Waals surface area (Å²) in [5.41, 5.74) is 0. The first-order chi connectivity index (χ1) is 10.8. The standard InChI is InChI=1S/C12H14N4O4S2/c17-11(15-3-1-13-9-15)19-5-7-21-22-8-6-20-12(18)16-4-2-14-10-16/h1-4,9-10H,5-8H2. The molecule has 10 heteroatoms. The highest BCUT2D eigenvalue weighted by Crippen LogP contribution is 2.20. The number of hydrogen-bond donors (Lipinski definition) is 0. The normalized spacial score (nSPS) is 10.4. The molecule has 0 saturated heterocycles. The summed E-state index contributed by atoms with van der Waals surface area (Å²) in [6, 6.07) is 0. The minimum Gasteiger partial charge on any atom is -0.448 e. The van der Waals surface area contributed by atoms with E-state index in [-0.39, 0.29) is 0 Å². The van der Waals surface area contributed by atoms with Crippen LogP contribution in [0.1, 0.15) is 0 Å². The van der Waals surface area contributed by atoms with Gasteiger partial charge in [-0.25, -0.2) is 28.7 Å². The molecular weight excluding hydrogens is 328 g/mol. The molecule has 2 aromatic rings. The van der Waals surface area contributed by atoms with E-state index in [0.717, 1.165) is 0 Å². The molecule has 0 amide bonds. The van der Waals surface area contributed by atoms with Crippen molar-refractivity contribution in [3.05, 3.63) is 37.4 Å². The number of carbonyl (C=O) groups excluding carboxylic acids is 2. The van der Waals surface area contributed by atoms with Crippen LogP contribution in [0.5, 0.6) is 0 Å². The van der Waals surface area contributed by atoms with Crippen LogP contribution in [0.25, 0.3) is 0 Å². The molecule has 0 unspecified atom stereocenters. The maximum atomic E-state index is 11.4. The van der Waals surface area contributed by atoms with Gasteiger partial charge in [0, 0.05) is 36.3 Å². The van der Waals surface area contributed by atoms with Gasteiger partial charge in [-0.3, -0.25) is 0 Å². The van der Waals surface area contributed by atoms with E-state index in [0.29, 0.717) is 24.7 Å². The molecular formula is C12H14N4O4S2. The third-order valence-electron chi connectivity index (χ3n) is 2.30. The summed E-state index contributed by atoms with van der Waals surface area (Å²) in [4.78, 5) is 30.4. The van der Waals surface area contributed by atoms with Crippen molar-refractivity contribution in [2.45, 2.75) is 0 Å². The lowest BCUT2D eigenvalue weighted by Crippen LogP contribution is -2.14. The molecule has 0 aliphatic heterocycles. The topological polar surface area (TPSA) is 88.2 Å². The molecule has 2 aromatic heterocycles. The highest BCUT2D eigenvalue weighted by Gasteiger charge is 2.05. The number of ether oxygens (including phenoxy) is 2. The number of rotatable bonds is 7. The fourth-order valence-electron chi connectivity index (χ4n) is 1.33. The van der Waals surface area contributed by atoms with Crippen LogP contribution in [-0.2, 0) is 9.47 Å². The smallest absolute Gasteiger partial charge is 0.419 e. The molecule has 0 aliphatic rings. The van der Waals surface area contributed by atoms with E-state index in [4.69, 9.17) is 9.47 Å². The molecule has 2 heterocycles. The van der Waals surface area contributed by atoms with Gasteiger partial charge in [0.2, 0.25) is 0 Å². The van der Waals surface area contributed by atoms with Gasteiger partial charge in [-0.15, -0.1) is 0 Å². The van der Waals surface area contributed by atoms with Crippen LogP contribution in [0.15, 0.2) is 37.4 Å². The minimum absolute atomic E-state index is 0.309. The Bertz CT molecular complexity index is 522. The van der Waals surface area contributed by atoms with Gasteiger partial charge >= 0.3 is 12.2 Å². The Balaban J connectivity index is 1.45. The molecule has 8 nitrogen and oxygen atoms in total. The fourth-order valence-corrected chi connectivity index (χ4v) is 2.98. The van der Waals surface area contributed by atoms with Crippen molar-refractivity contribution in [3.8, 4) is 0 Å². The number of nitrogens with zero attached hydrogens (tertiary/aromatic N) is 4. The molecule has 0 aliphatic carbocycles. The van der Waals surface area contributed by atoms with Crippen LogP contribution < -0.4 is 0 Å². The second-order valence-corrected chi connectivity index (χ2v) is 6.51. The maximum absolute atomic E-state index is 11.4. The predicted molar refractivity (Wildman–Crippen MR) is 82.9 cm³/mol. The first-order valence-corrected chi connectivity index (χ1v) is 8.81. The quantitative estimate of drug-likeness (QED) is 0.558. The van der Waals surface area contributed by atoms with E-state index in [9.17, 15) is 9.59 Å². The van der Waals surface area contributed by atoms with E-state index in [1.54, 1.807) is 21.6 Å². The molecule has 0 aromatic carbocycles. The first-order valence-electron chi connectivity index (χ1n) is 6.32. The summed E-state index contributed by atoms with van der Waals surface area (Å²) in [7, 11) is 3.09. The summed E-state index contributed by atoms with van der Waals surface area (Å²) in [5, 5.41) is 0. The van der Waals surface area contributed by atoms with E-state index < -0.39 is 12.2 Å². The van der Waals surface area contributed by atoms with Crippen molar-refractivity contribution < 1.29 is 19.1 Å². The van der Waals surface area contributed by atoms with Crippen molar-refractivity contribution in [3.63, 3.8) is 0 Å². The van der Waals surface area contributed by atoms with Crippen molar-refractivity contribution in [2.24, 2.45) is 0 Å². The van der Waals surface area contributed by atoms with Crippen LogP contribution in [0.4, 0.5) is 9.59 Å². The monoisotopic (exact) mass is 342 g/mol. The molecule has 0 bridgehead atoms. The highest BCUT2D eigenvalue weighted by atomic mass is 33.1. The van der Waals surface area contributed by atoms with Gasteiger partial charge in [0.1, 0.15) is 25.9 Å². The fraction of sp³-hybridized carbons (Fsp3) is 0.333. The van der Waals surface area contributed by atoms with Crippen LogP contribution in [0, 0.1) is 0 Å². The van der Waals surface area contributed by atoms with Crippen molar-refractivity contribution in [1.29, 1.82) is 0 Å². The molecule has 22 heavy (non-hydrogen) atoms. The van der Waals surface area contributed by atoms with Crippen LogP contribution >= 0.6 is 21.6 Å². The molecule has 0 N–H and O–H groups in total. The van der Waals surface area contributed by atoms with Gasteiger partial charge in [-0.1, -0.05) is 21.6 Å². The summed E-state index contributed by atoms with van der Waals surface area (Å²) < 4.78 is 12.6. The molecule has 118 valence electrons. The van der Waals surface area contributed by atoms with Gasteiger partial charge in [0.15, 0.2) is 0 Å². The Labute approximate surface area is 134 Å². The summed E-state index contributed by atoms with van der Waals surface area (Å²) >= 11 is 0. The lowest BCUT2D eigenvalue weighted by atomic mass is 10.8. The predicted octanol–water partition coefficient (Wildman–Crippen LogP) is 2.13. The Morgan fingerprint density at radius 2 is 1.32 bits per heavy atom. The Morgan fingerprint density at radius 1 is 0.864 bits per heavy atom. The molecule has 0 spiro atoms. The van der Waals surface area contributed by atoms with E-state index >= 15 is 0 Å². The maximum Gasteiger partial charge on any atom is 0.419 e. The molecule has 0 radical (unpaired) electrons. The van der Waals surface area contributed by atoms with Gasteiger partial charge in [-0.2, -0.15) is 0 Å². The Morgan fingerprint density at radius 3 is 1.68 bits per heavy atom. The summed E-state index contributed by atoms with van der Waals surface area (Å²) in [6.07, 6.45) is 7.96. The zero-order chi connectivity index (χ0) is 15.6. The average molecular weight is 342 g/mol. The Hall–Kier alpha value is -1.94. The molecule has 2 rings (SSSR count). The average Bonchev–Trinajstić information content (AvgIpc) is 3.22. The van der Waals surface area contributed by atoms with E-state index in [1.807, 2.05) is 0 Å². The summed E-state index contributed by atoms with van der Waals surface area (Å²) in [6.45, 7) is 0.618. The minimum atomic E-state index is -0.447. The second-order valence-electron chi connectivity index (χ2n) is 3.81. The molecule has 0 saturated carbocycles. The first kappa shape index (κ1) is 16.4. The van der Waals surface area contributed by atoms with Crippen molar-refractivity contribution in [2.75, 3.05) is 24.7 Å². The van der Waals surface area contributed by atoms with Crippen LogP contribution in [0.3, 0.4) is 0 Å². The summed E-state index contributed by atoms with van der Waals surface area (Å²) in [5.74, 6) is 1.31. The third kappa shape index (κ3) is 5.45. The van der Waals surface area contributed by atoms with E-state index in [1.165, 1.54) is 46.6 Å². The van der Waals surface area contributed by atoms with Crippen molar-refractivity contribution in [1.82, 2.24) is 19.1 Å². The number of carbonyl (C=O) groups is 2. The van der Waals surface area contributed by atoms with Gasteiger partial charge in [0.25, 0.3) is 0 Å². The largest absolute Gasteiger partial charge is 0.448 e. The van der Waals surface area contributed by atoms with E-state index in [2.05, 4.69) is 9.97 Å².